The van der Waals surface area contributed by atoms with E-state index in [0.717, 1.165) is 28.7 Å². The maximum absolute atomic E-state index is 12.6. The normalized spacial score (nSPS) is 12.6. The van der Waals surface area contributed by atoms with Crippen LogP contribution in [0.3, 0.4) is 0 Å². The average molecular weight is 327 g/mol. The Kier molecular flexibility index (Phi) is 6.01. The van der Waals surface area contributed by atoms with Crippen LogP contribution in [-0.2, 0) is 0 Å². The molecule has 4 heteroatoms. The molecule has 0 aliphatic carbocycles. The predicted molar refractivity (Wildman–Crippen MR) is 83.6 cm³/mol. The summed E-state index contributed by atoms with van der Waals surface area (Å²) in [4.78, 5) is 16.6. The fraction of sp³-hybridized carbons (Fsp3) is 0.533. The maximum Gasteiger partial charge on any atom is 0.254 e. The molecule has 0 N–H and O–H groups in total. The van der Waals surface area contributed by atoms with Crippen molar-refractivity contribution in [1.29, 1.82) is 0 Å². The van der Waals surface area contributed by atoms with Crippen LogP contribution >= 0.6 is 15.9 Å². The number of hydrogen-bond acceptors (Lipinski definition) is 2. The van der Waals surface area contributed by atoms with Gasteiger partial charge in [0, 0.05) is 29.2 Å². The van der Waals surface area contributed by atoms with Gasteiger partial charge in [0.05, 0.1) is 0 Å². The summed E-state index contributed by atoms with van der Waals surface area (Å²) in [6.07, 6.45) is 0. The van der Waals surface area contributed by atoms with Crippen molar-refractivity contribution in [2.75, 3.05) is 27.2 Å². The highest BCUT2D eigenvalue weighted by molar-refractivity contribution is 9.10. The van der Waals surface area contributed by atoms with Crippen LogP contribution in [0.4, 0.5) is 0 Å². The number of carbonyl (C=O) groups excluding carboxylic acids is 1. The third kappa shape index (κ3) is 4.62. The quantitative estimate of drug-likeness (QED) is 0.829. The number of benzene rings is 1. The molecular weight excluding hydrogens is 304 g/mol. The number of halogens is 1. The highest BCUT2D eigenvalue weighted by Gasteiger charge is 2.20. The second kappa shape index (κ2) is 7.06. The highest BCUT2D eigenvalue weighted by Crippen LogP contribution is 2.18. The molecule has 1 aromatic rings. The van der Waals surface area contributed by atoms with Gasteiger partial charge < -0.3 is 9.80 Å². The number of carbonyl (C=O) groups is 1. The summed E-state index contributed by atoms with van der Waals surface area (Å²) < 4.78 is 0.951. The summed E-state index contributed by atoms with van der Waals surface area (Å²) >= 11 is 3.45. The first-order valence-electron chi connectivity index (χ1n) is 6.58. The lowest BCUT2D eigenvalue weighted by Gasteiger charge is -2.30. The summed E-state index contributed by atoms with van der Waals surface area (Å²) in [7, 11) is 4.05. The lowest BCUT2D eigenvalue weighted by atomic mass is 10.1. The van der Waals surface area contributed by atoms with Crippen molar-refractivity contribution in [1.82, 2.24) is 9.80 Å². The number of aryl methyl sites for hydroxylation is 1. The lowest BCUT2D eigenvalue weighted by Crippen LogP contribution is -2.43. The molecule has 106 valence electrons. The molecule has 0 spiro atoms. The van der Waals surface area contributed by atoms with E-state index in [9.17, 15) is 4.79 Å². The van der Waals surface area contributed by atoms with Gasteiger partial charge in [0.1, 0.15) is 0 Å². The van der Waals surface area contributed by atoms with Gasteiger partial charge in [0.2, 0.25) is 0 Å². The Labute approximate surface area is 124 Å². The molecule has 1 aromatic carbocycles. The first kappa shape index (κ1) is 16.2. The van der Waals surface area contributed by atoms with Crippen LogP contribution in [0.15, 0.2) is 22.7 Å². The summed E-state index contributed by atoms with van der Waals surface area (Å²) in [5.41, 5.74) is 1.84. The largest absolute Gasteiger partial charge is 0.335 e. The number of likely N-dealkylation sites (N-methyl/N-ethyl adjacent to an activating group) is 2. The number of amides is 1. The van der Waals surface area contributed by atoms with Crippen molar-refractivity contribution in [2.45, 2.75) is 26.8 Å². The zero-order chi connectivity index (χ0) is 14.6. The summed E-state index contributed by atoms with van der Waals surface area (Å²) in [5.74, 6) is 0.0984. The van der Waals surface area contributed by atoms with Gasteiger partial charge in [0.25, 0.3) is 5.91 Å². The predicted octanol–water partition coefficient (Wildman–Crippen LogP) is 3.17. The average Bonchev–Trinajstić information content (AvgIpc) is 2.27. The second-order valence-electron chi connectivity index (χ2n) is 5.22. The van der Waals surface area contributed by atoms with E-state index in [4.69, 9.17) is 0 Å². The second-order valence-corrected chi connectivity index (χ2v) is 6.14. The van der Waals surface area contributed by atoms with Crippen molar-refractivity contribution in [3.8, 4) is 0 Å². The molecule has 3 nitrogen and oxygen atoms in total. The monoisotopic (exact) mass is 326 g/mol. The third-order valence-electron chi connectivity index (χ3n) is 3.05. The smallest absolute Gasteiger partial charge is 0.254 e. The molecule has 0 aliphatic rings. The van der Waals surface area contributed by atoms with Gasteiger partial charge in [0.15, 0.2) is 0 Å². The van der Waals surface area contributed by atoms with Gasteiger partial charge in [-0.25, -0.2) is 0 Å². The Morgan fingerprint density at radius 2 is 1.95 bits per heavy atom. The van der Waals surface area contributed by atoms with E-state index in [1.165, 1.54) is 0 Å². The standard InChI is InChI=1S/C15H23BrN2O/c1-6-18(12(3)10-17(4)5)15(19)13-7-11(2)8-14(16)9-13/h7-9,12H,6,10H2,1-5H3. The van der Waals surface area contributed by atoms with Gasteiger partial charge in [-0.05, 0) is 58.6 Å². The van der Waals surface area contributed by atoms with Crippen LogP contribution < -0.4 is 0 Å². The zero-order valence-corrected chi connectivity index (χ0v) is 14.0. The van der Waals surface area contributed by atoms with Crippen LogP contribution in [-0.4, -0.2) is 48.9 Å². The minimum Gasteiger partial charge on any atom is -0.335 e. The summed E-state index contributed by atoms with van der Waals surface area (Å²) in [5, 5.41) is 0. The van der Waals surface area contributed by atoms with E-state index in [1.54, 1.807) is 0 Å². The molecule has 1 rings (SSSR count). The van der Waals surface area contributed by atoms with Crippen LogP contribution in [0.5, 0.6) is 0 Å². The molecule has 0 bridgehead atoms. The molecule has 0 saturated carbocycles. The van der Waals surface area contributed by atoms with Crippen molar-refractivity contribution in [3.05, 3.63) is 33.8 Å². The molecule has 1 amide bonds. The van der Waals surface area contributed by atoms with Gasteiger partial charge in [-0.3, -0.25) is 4.79 Å². The Balaban J connectivity index is 2.94. The van der Waals surface area contributed by atoms with Crippen molar-refractivity contribution >= 4 is 21.8 Å². The van der Waals surface area contributed by atoms with Gasteiger partial charge in [-0.15, -0.1) is 0 Å². The van der Waals surface area contributed by atoms with E-state index in [1.807, 2.05) is 51.0 Å². The fourth-order valence-corrected chi connectivity index (χ4v) is 2.92. The molecular formula is C15H23BrN2O. The number of hydrogen-bond donors (Lipinski definition) is 0. The van der Waals surface area contributed by atoms with E-state index in [-0.39, 0.29) is 11.9 Å². The first-order valence-corrected chi connectivity index (χ1v) is 7.37. The van der Waals surface area contributed by atoms with Crippen molar-refractivity contribution in [3.63, 3.8) is 0 Å². The SMILES string of the molecule is CCN(C(=O)c1cc(C)cc(Br)c1)C(C)CN(C)C. The molecule has 1 unspecified atom stereocenters. The Bertz CT molecular complexity index is 426. The zero-order valence-electron chi connectivity index (χ0n) is 12.4. The van der Waals surface area contributed by atoms with Gasteiger partial charge in [-0.2, -0.15) is 0 Å². The minimum absolute atomic E-state index is 0.0984. The molecule has 0 aromatic heterocycles. The lowest BCUT2D eigenvalue weighted by molar-refractivity contribution is 0.0679. The molecule has 0 aliphatic heterocycles. The van der Waals surface area contributed by atoms with Gasteiger partial charge >= 0.3 is 0 Å². The molecule has 0 radical (unpaired) electrons. The van der Waals surface area contributed by atoms with E-state index >= 15 is 0 Å². The van der Waals surface area contributed by atoms with E-state index in [2.05, 4.69) is 27.8 Å². The van der Waals surface area contributed by atoms with Crippen LogP contribution in [0.1, 0.15) is 29.8 Å². The Morgan fingerprint density at radius 1 is 1.32 bits per heavy atom. The maximum atomic E-state index is 12.6. The number of nitrogens with zero attached hydrogens (tertiary/aromatic N) is 2. The molecule has 0 fully saturated rings. The van der Waals surface area contributed by atoms with Crippen LogP contribution in [0.25, 0.3) is 0 Å². The topological polar surface area (TPSA) is 23.6 Å². The fourth-order valence-electron chi connectivity index (χ4n) is 2.31. The third-order valence-corrected chi connectivity index (χ3v) is 3.51. The van der Waals surface area contributed by atoms with Gasteiger partial charge in [-0.1, -0.05) is 15.9 Å². The minimum atomic E-state index is 0.0984. The first-order chi connectivity index (χ1) is 8.85. The molecule has 19 heavy (non-hydrogen) atoms. The molecule has 0 saturated heterocycles. The Morgan fingerprint density at radius 3 is 2.42 bits per heavy atom. The Hall–Kier alpha value is -0.870. The summed E-state index contributed by atoms with van der Waals surface area (Å²) in [6.45, 7) is 7.70. The molecule has 1 atom stereocenters. The van der Waals surface area contributed by atoms with Crippen LogP contribution in [0.2, 0.25) is 0 Å². The highest BCUT2D eigenvalue weighted by atomic mass is 79.9. The summed E-state index contributed by atoms with van der Waals surface area (Å²) in [6, 6.07) is 6.04. The van der Waals surface area contributed by atoms with Crippen molar-refractivity contribution < 1.29 is 4.79 Å². The van der Waals surface area contributed by atoms with Crippen LogP contribution in [0, 0.1) is 6.92 Å². The van der Waals surface area contributed by atoms with E-state index < -0.39 is 0 Å². The van der Waals surface area contributed by atoms with E-state index in [0.29, 0.717) is 0 Å². The van der Waals surface area contributed by atoms with Crippen molar-refractivity contribution in [2.24, 2.45) is 0 Å². The number of rotatable bonds is 5. The molecule has 0 heterocycles.